The van der Waals surface area contributed by atoms with Gasteiger partial charge >= 0.3 is 0 Å². The van der Waals surface area contributed by atoms with Crippen LogP contribution in [0.2, 0.25) is 0 Å². The van der Waals surface area contributed by atoms with Gasteiger partial charge in [0.2, 0.25) is 0 Å². The van der Waals surface area contributed by atoms with Gasteiger partial charge in [0.05, 0.1) is 0 Å². The first-order chi connectivity index (χ1) is 6.88. The fourth-order valence-corrected chi connectivity index (χ4v) is 2.98. The van der Waals surface area contributed by atoms with Crippen LogP contribution in [-0.4, -0.2) is 31.1 Å². The van der Waals surface area contributed by atoms with Gasteiger partial charge in [0.25, 0.3) is 0 Å². The first kappa shape index (κ1) is 10.4. The van der Waals surface area contributed by atoms with Gasteiger partial charge in [-0.3, -0.25) is 0 Å². The van der Waals surface area contributed by atoms with Crippen LogP contribution >= 0.6 is 0 Å². The number of hydrogen-bond acceptors (Lipinski definition) is 2. The van der Waals surface area contributed by atoms with Gasteiger partial charge in [-0.05, 0) is 70.0 Å². The fraction of sp³-hybridized carbons (Fsp3) is 1.00. The fourth-order valence-electron chi connectivity index (χ4n) is 2.98. The summed E-state index contributed by atoms with van der Waals surface area (Å²) in [7, 11) is 0. The molecule has 0 aromatic rings. The first-order valence-corrected chi connectivity index (χ1v) is 6.31. The van der Waals surface area contributed by atoms with E-state index >= 15 is 0 Å². The van der Waals surface area contributed by atoms with E-state index < -0.39 is 0 Å². The third kappa shape index (κ3) is 2.71. The maximum atomic E-state index is 5.70. The molecule has 0 unspecified atom stereocenters. The second-order valence-electron chi connectivity index (χ2n) is 5.13. The van der Waals surface area contributed by atoms with E-state index in [0.717, 1.165) is 18.4 Å². The van der Waals surface area contributed by atoms with Gasteiger partial charge in [-0.25, -0.2) is 0 Å². The van der Waals surface area contributed by atoms with Crippen molar-refractivity contribution in [1.82, 2.24) is 4.90 Å². The largest absolute Gasteiger partial charge is 0.330 e. The van der Waals surface area contributed by atoms with Gasteiger partial charge in [0.15, 0.2) is 0 Å². The lowest BCUT2D eigenvalue weighted by Gasteiger charge is -2.30. The van der Waals surface area contributed by atoms with Crippen LogP contribution < -0.4 is 5.73 Å². The standard InChI is InChI=1S/C12H24N2/c13-9-11-3-5-12(6-4-11)10-14-7-1-2-8-14/h11-12H,1-10,13H2/t11-,12-. The molecule has 1 heterocycles. The Morgan fingerprint density at radius 2 is 1.50 bits per heavy atom. The van der Waals surface area contributed by atoms with E-state index in [1.54, 1.807) is 0 Å². The van der Waals surface area contributed by atoms with Crippen molar-refractivity contribution < 1.29 is 0 Å². The monoisotopic (exact) mass is 196 g/mol. The summed E-state index contributed by atoms with van der Waals surface area (Å²) in [6, 6.07) is 0. The van der Waals surface area contributed by atoms with Gasteiger partial charge < -0.3 is 10.6 Å². The van der Waals surface area contributed by atoms with Crippen LogP contribution in [0, 0.1) is 11.8 Å². The molecule has 82 valence electrons. The molecule has 2 N–H and O–H groups in total. The average molecular weight is 196 g/mol. The molecule has 2 aliphatic rings. The minimum absolute atomic E-state index is 0.838. The molecule has 1 saturated heterocycles. The Labute approximate surface area is 87.8 Å². The van der Waals surface area contributed by atoms with Crippen molar-refractivity contribution in [2.75, 3.05) is 26.2 Å². The highest BCUT2D eigenvalue weighted by Gasteiger charge is 2.23. The molecular formula is C12H24N2. The summed E-state index contributed by atoms with van der Waals surface area (Å²) in [4.78, 5) is 2.66. The zero-order valence-corrected chi connectivity index (χ0v) is 9.25. The lowest BCUT2D eigenvalue weighted by Crippen LogP contribution is -2.30. The molecule has 2 fully saturated rings. The molecule has 14 heavy (non-hydrogen) atoms. The van der Waals surface area contributed by atoms with Gasteiger partial charge in [-0.2, -0.15) is 0 Å². The summed E-state index contributed by atoms with van der Waals surface area (Å²) in [5, 5.41) is 0. The third-order valence-electron chi connectivity index (χ3n) is 4.01. The summed E-state index contributed by atoms with van der Waals surface area (Å²) in [5.41, 5.74) is 5.70. The third-order valence-corrected chi connectivity index (χ3v) is 4.01. The van der Waals surface area contributed by atoms with E-state index in [2.05, 4.69) is 4.90 Å². The molecule has 2 heteroatoms. The first-order valence-electron chi connectivity index (χ1n) is 6.31. The summed E-state index contributed by atoms with van der Waals surface area (Å²) >= 11 is 0. The van der Waals surface area contributed by atoms with Crippen molar-refractivity contribution >= 4 is 0 Å². The van der Waals surface area contributed by atoms with Crippen LogP contribution in [0.25, 0.3) is 0 Å². The Morgan fingerprint density at radius 1 is 0.929 bits per heavy atom. The Balaban J connectivity index is 1.67. The summed E-state index contributed by atoms with van der Waals surface area (Å²) in [6.45, 7) is 5.00. The Kier molecular flexibility index (Phi) is 3.82. The number of nitrogens with zero attached hydrogens (tertiary/aromatic N) is 1. The molecule has 0 atom stereocenters. The van der Waals surface area contributed by atoms with Gasteiger partial charge in [0, 0.05) is 6.54 Å². The summed E-state index contributed by atoms with van der Waals surface area (Å²) in [6.07, 6.45) is 8.48. The molecule has 0 aromatic heterocycles. The molecule has 1 aliphatic heterocycles. The van der Waals surface area contributed by atoms with Crippen molar-refractivity contribution in [2.24, 2.45) is 17.6 Å². The van der Waals surface area contributed by atoms with Crippen molar-refractivity contribution in [3.63, 3.8) is 0 Å². The maximum Gasteiger partial charge on any atom is 0.000966 e. The second kappa shape index (κ2) is 5.13. The molecule has 2 nitrogen and oxygen atoms in total. The van der Waals surface area contributed by atoms with E-state index in [4.69, 9.17) is 5.73 Å². The zero-order chi connectivity index (χ0) is 9.80. The molecule has 0 spiro atoms. The number of likely N-dealkylation sites (tertiary alicyclic amines) is 1. The van der Waals surface area contributed by atoms with Gasteiger partial charge in [-0.1, -0.05) is 0 Å². The minimum Gasteiger partial charge on any atom is -0.330 e. The molecular weight excluding hydrogens is 172 g/mol. The molecule has 0 amide bonds. The van der Waals surface area contributed by atoms with E-state index in [1.165, 1.54) is 58.2 Å². The maximum absolute atomic E-state index is 5.70. The quantitative estimate of drug-likeness (QED) is 0.746. The van der Waals surface area contributed by atoms with E-state index in [9.17, 15) is 0 Å². The van der Waals surface area contributed by atoms with Crippen LogP contribution in [0.1, 0.15) is 38.5 Å². The van der Waals surface area contributed by atoms with Crippen molar-refractivity contribution in [1.29, 1.82) is 0 Å². The molecule has 0 aromatic carbocycles. The highest BCUT2D eigenvalue weighted by Crippen LogP contribution is 2.29. The molecule has 1 aliphatic carbocycles. The van der Waals surface area contributed by atoms with Gasteiger partial charge in [0.1, 0.15) is 0 Å². The van der Waals surface area contributed by atoms with Crippen molar-refractivity contribution in [3.05, 3.63) is 0 Å². The van der Waals surface area contributed by atoms with Crippen LogP contribution in [-0.2, 0) is 0 Å². The van der Waals surface area contributed by atoms with Crippen LogP contribution in [0.15, 0.2) is 0 Å². The SMILES string of the molecule is NC[C@H]1CC[C@H](CN2CCCC2)CC1. The Hall–Kier alpha value is -0.0800. The Bertz CT molecular complexity index is 156. The molecule has 0 radical (unpaired) electrons. The Morgan fingerprint density at radius 3 is 2.07 bits per heavy atom. The predicted molar refractivity (Wildman–Crippen MR) is 60.2 cm³/mol. The van der Waals surface area contributed by atoms with Crippen LogP contribution in [0.4, 0.5) is 0 Å². The summed E-state index contributed by atoms with van der Waals surface area (Å²) < 4.78 is 0. The zero-order valence-electron chi connectivity index (χ0n) is 9.25. The van der Waals surface area contributed by atoms with Crippen molar-refractivity contribution in [2.45, 2.75) is 38.5 Å². The van der Waals surface area contributed by atoms with Crippen LogP contribution in [0.5, 0.6) is 0 Å². The van der Waals surface area contributed by atoms with Crippen molar-refractivity contribution in [3.8, 4) is 0 Å². The lowest BCUT2D eigenvalue weighted by atomic mass is 9.82. The minimum atomic E-state index is 0.838. The molecule has 1 saturated carbocycles. The smallest absolute Gasteiger partial charge is 0.000966 e. The number of hydrogen-bond donors (Lipinski definition) is 1. The van der Waals surface area contributed by atoms with E-state index in [0.29, 0.717) is 0 Å². The van der Waals surface area contributed by atoms with Gasteiger partial charge in [-0.15, -0.1) is 0 Å². The molecule has 0 bridgehead atoms. The molecule has 2 rings (SSSR count). The highest BCUT2D eigenvalue weighted by molar-refractivity contribution is 4.77. The second-order valence-corrected chi connectivity index (χ2v) is 5.13. The number of rotatable bonds is 3. The van der Waals surface area contributed by atoms with E-state index in [1.807, 2.05) is 0 Å². The normalized spacial score (nSPS) is 34.9. The number of nitrogens with two attached hydrogens (primary N) is 1. The predicted octanol–water partition coefficient (Wildman–Crippen LogP) is 1.85. The average Bonchev–Trinajstić information content (AvgIpc) is 2.72. The topological polar surface area (TPSA) is 29.3 Å². The highest BCUT2D eigenvalue weighted by atomic mass is 15.1. The van der Waals surface area contributed by atoms with E-state index in [-0.39, 0.29) is 0 Å². The van der Waals surface area contributed by atoms with Crippen LogP contribution in [0.3, 0.4) is 0 Å². The summed E-state index contributed by atoms with van der Waals surface area (Å²) in [5.74, 6) is 1.82. The lowest BCUT2D eigenvalue weighted by molar-refractivity contribution is 0.206.